The quantitative estimate of drug-likeness (QED) is 0.381. The van der Waals surface area contributed by atoms with E-state index in [2.05, 4.69) is 52.1 Å². The molecule has 192 valence electrons. The number of carbonyl (C=O) groups is 1. The Balaban J connectivity index is 1.57. The molecule has 1 heterocycles. The largest absolute Gasteiger partial charge is 0.506 e. The molecule has 1 aliphatic rings. The molecule has 0 saturated heterocycles. The highest BCUT2D eigenvalue weighted by Gasteiger charge is 2.37. The van der Waals surface area contributed by atoms with Gasteiger partial charge in [0.1, 0.15) is 11.5 Å². The molecule has 1 amide bonds. The molecular weight excluding hydrogens is 474 g/mol. The lowest BCUT2D eigenvalue weighted by Gasteiger charge is -2.42. The Hall–Kier alpha value is -3.06. The van der Waals surface area contributed by atoms with E-state index >= 15 is 0 Å². The minimum Gasteiger partial charge on any atom is -0.506 e. The summed E-state index contributed by atoms with van der Waals surface area (Å²) in [6.45, 7) is 12.9. The number of phenolic OH excluding ortho intramolecular Hbond substituents is 1. The van der Waals surface area contributed by atoms with Crippen LogP contribution in [0.3, 0.4) is 0 Å². The summed E-state index contributed by atoms with van der Waals surface area (Å²) in [5.41, 5.74) is 5.40. The number of phenols is 1. The molecular formula is C29H35NO5S. The van der Waals surface area contributed by atoms with Gasteiger partial charge in [-0.3, -0.25) is 4.79 Å². The van der Waals surface area contributed by atoms with E-state index in [1.54, 1.807) is 12.1 Å². The van der Waals surface area contributed by atoms with Gasteiger partial charge in [0.15, 0.2) is 15.6 Å². The molecule has 0 bridgehead atoms. The minimum atomic E-state index is -3.48. The molecule has 3 aromatic rings. The van der Waals surface area contributed by atoms with Gasteiger partial charge in [-0.1, -0.05) is 46.8 Å². The Kier molecular flexibility index (Phi) is 6.58. The van der Waals surface area contributed by atoms with E-state index in [-0.39, 0.29) is 38.7 Å². The lowest BCUT2D eigenvalue weighted by molar-refractivity contribution is 0.0994. The van der Waals surface area contributed by atoms with Crippen molar-refractivity contribution in [2.75, 3.05) is 11.1 Å². The number of furan rings is 1. The molecule has 0 saturated carbocycles. The summed E-state index contributed by atoms with van der Waals surface area (Å²) in [4.78, 5) is 12.8. The maximum absolute atomic E-state index is 12.8. The summed E-state index contributed by atoms with van der Waals surface area (Å²) in [7, 11) is -3.48. The topological polar surface area (TPSA) is 96.6 Å². The Bertz CT molecular complexity index is 1430. The van der Waals surface area contributed by atoms with Crippen molar-refractivity contribution in [3.63, 3.8) is 0 Å². The number of aryl methyl sites for hydroxylation is 1. The van der Waals surface area contributed by atoms with Crippen LogP contribution in [0.2, 0.25) is 0 Å². The zero-order valence-electron chi connectivity index (χ0n) is 21.9. The van der Waals surface area contributed by atoms with Crippen LogP contribution in [0.25, 0.3) is 0 Å². The Morgan fingerprint density at radius 2 is 1.64 bits per heavy atom. The summed E-state index contributed by atoms with van der Waals surface area (Å²) >= 11 is 0. The first-order chi connectivity index (χ1) is 16.7. The fourth-order valence-electron chi connectivity index (χ4n) is 4.90. The van der Waals surface area contributed by atoms with Crippen LogP contribution in [0, 0.1) is 6.92 Å². The molecule has 6 nitrogen and oxygen atoms in total. The van der Waals surface area contributed by atoms with E-state index in [0.717, 1.165) is 18.4 Å². The monoisotopic (exact) mass is 509 g/mol. The van der Waals surface area contributed by atoms with Gasteiger partial charge in [0.05, 0.1) is 16.3 Å². The molecule has 36 heavy (non-hydrogen) atoms. The van der Waals surface area contributed by atoms with Crippen LogP contribution in [0.15, 0.2) is 51.8 Å². The highest BCUT2D eigenvalue weighted by molar-refractivity contribution is 7.91. The van der Waals surface area contributed by atoms with Crippen LogP contribution in [-0.2, 0) is 27.1 Å². The molecule has 1 aromatic heterocycles. The molecule has 0 aliphatic heterocycles. The number of carbonyl (C=O) groups excluding carboxylic acids is 1. The van der Waals surface area contributed by atoms with E-state index in [4.69, 9.17) is 4.42 Å². The van der Waals surface area contributed by atoms with Gasteiger partial charge in [-0.25, -0.2) is 8.42 Å². The van der Waals surface area contributed by atoms with Crippen molar-refractivity contribution in [3.8, 4) is 5.75 Å². The van der Waals surface area contributed by atoms with Gasteiger partial charge in [0.2, 0.25) is 0 Å². The molecule has 7 heteroatoms. The third-order valence-electron chi connectivity index (χ3n) is 7.51. The SMILES string of the molecule is CCS(=O)(=O)c1ccc(O)c(NC(=O)c2ccc(Cc3cc4c(cc3C)C(C)(C)CCC4(C)C)o2)c1. The zero-order valence-corrected chi connectivity index (χ0v) is 22.7. The number of aromatic hydroxyl groups is 1. The van der Waals surface area contributed by atoms with Crippen molar-refractivity contribution in [2.45, 2.75) is 76.5 Å². The van der Waals surface area contributed by atoms with Gasteiger partial charge >= 0.3 is 0 Å². The van der Waals surface area contributed by atoms with Crippen LogP contribution < -0.4 is 5.32 Å². The molecule has 0 spiro atoms. The van der Waals surface area contributed by atoms with Gasteiger partial charge < -0.3 is 14.8 Å². The first kappa shape index (κ1) is 26.0. The van der Waals surface area contributed by atoms with Gasteiger partial charge in [-0.05, 0) is 83.2 Å². The normalized spacial score (nSPS) is 16.4. The van der Waals surface area contributed by atoms with Crippen LogP contribution in [-0.4, -0.2) is 25.2 Å². The summed E-state index contributed by atoms with van der Waals surface area (Å²) in [5, 5.41) is 12.7. The highest BCUT2D eigenvalue weighted by Crippen LogP contribution is 2.46. The fraction of sp³-hybridized carbons (Fsp3) is 0.414. The second-order valence-electron chi connectivity index (χ2n) is 11.1. The second kappa shape index (κ2) is 9.11. The smallest absolute Gasteiger partial charge is 0.291 e. The number of nitrogens with one attached hydrogen (secondary N) is 1. The fourth-order valence-corrected chi connectivity index (χ4v) is 5.81. The van der Waals surface area contributed by atoms with Crippen molar-refractivity contribution >= 4 is 21.4 Å². The van der Waals surface area contributed by atoms with Crippen molar-refractivity contribution < 1.29 is 22.7 Å². The molecule has 2 N–H and O–H groups in total. The van der Waals surface area contributed by atoms with Crippen molar-refractivity contribution in [1.82, 2.24) is 0 Å². The second-order valence-corrected chi connectivity index (χ2v) is 13.3. The lowest BCUT2D eigenvalue weighted by Crippen LogP contribution is -2.34. The number of anilines is 1. The number of benzene rings is 2. The minimum absolute atomic E-state index is 0.0165. The molecule has 0 fully saturated rings. The lowest BCUT2D eigenvalue weighted by atomic mass is 9.62. The van der Waals surface area contributed by atoms with E-state index in [1.807, 2.05) is 0 Å². The maximum Gasteiger partial charge on any atom is 0.291 e. The van der Waals surface area contributed by atoms with E-state index < -0.39 is 15.7 Å². The van der Waals surface area contributed by atoms with Crippen LogP contribution >= 0.6 is 0 Å². The van der Waals surface area contributed by atoms with Crippen molar-refractivity contribution in [1.29, 1.82) is 0 Å². The number of hydrogen-bond acceptors (Lipinski definition) is 5. The molecule has 4 rings (SSSR count). The van der Waals surface area contributed by atoms with Gasteiger partial charge in [0.25, 0.3) is 5.91 Å². The highest BCUT2D eigenvalue weighted by atomic mass is 32.2. The van der Waals surface area contributed by atoms with Crippen molar-refractivity contribution in [2.24, 2.45) is 0 Å². The first-order valence-corrected chi connectivity index (χ1v) is 14.0. The number of hydrogen-bond donors (Lipinski definition) is 2. The summed E-state index contributed by atoms with van der Waals surface area (Å²) in [6, 6.07) is 11.8. The Labute approximate surface area is 213 Å². The van der Waals surface area contributed by atoms with E-state index in [9.17, 15) is 18.3 Å². The number of fused-ring (bicyclic) bond motifs is 1. The maximum atomic E-state index is 12.8. The zero-order chi connectivity index (χ0) is 26.5. The molecule has 0 atom stereocenters. The van der Waals surface area contributed by atoms with Crippen LogP contribution in [0.4, 0.5) is 5.69 Å². The summed E-state index contributed by atoms with van der Waals surface area (Å²) in [6.07, 6.45) is 2.85. The van der Waals surface area contributed by atoms with Crippen LogP contribution in [0.1, 0.15) is 86.0 Å². The third-order valence-corrected chi connectivity index (χ3v) is 9.25. The predicted molar refractivity (Wildman–Crippen MR) is 142 cm³/mol. The Morgan fingerprint density at radius 1 is 1.00 bits per heavy atom. The number of amides is 1. The van der Waals surface area contributed by atoms with Gasteiger partial charge in [-0.2, -0.15) is 0 Å². The molecule has 0 radical (unpaired) electrons. The summed E-state index contributed by atoms with van der Waals surface area (Å²) in [5.74, 6) is -0.121. The molecule has 0 unspecified atom stereocenters. The average Bonchev–Trinajstić information content (AvgIpc) is 3.28. The summed E-state index contributed by atoms with van der Waals surface area (Å²) < 4.78 is 30.2. The first-order valence-electron chi connectivity index (χ1n) is 12.3. The standard InChI is InChI=1S/C29H35NO5S/c1-7-36(33,34)21-9-10-25(31)24(17-21)30-27(32)26-11-8-20(35-26)15-19-16-23-22(14-18(19)2)28(3,4)12-13-29(23,5)6/h8-11,14,16-17,31H,7,12-13,15H2,1-6H3,(H,30,32). The van der Waals surface area contributed by atoms with Crippen molar-refractivity contribution in [3.05, 3.63) is 76.2 Å². The van der Waals surface area contributed by atoms with Gasteiger partial charge in [0, 0.05) is 6.42 Å². The van der Waals surface area contributed by atoms with Gasteiger partial charge in [-0.15, -0.1) is 0 Å². The molecule has 1 aliphatic carbocycles. The van der Waals surface area contributed by atoms with Crippen LogP contribution in [0.5, 0.6) is 5.75 Å². The third kappa shape index (κ3) is 4.94. The molecule has 2 aromatic carbocycles. The van der Waals surface area contributed by atoms with E-state index in [1.165, 1.54) is 41.8 Å². The number of rotatable bonds is 6. The Morgan fingerprint density at radius 3 is 2.28 bits per heavy atom. The number of sulfone groups is 1. The predicted octanol–water partition coefficient (Wildman–Crippen LogP) is 6.28. The van der Waals surface area contributed by atoms with E-state index in [0.29, 0.717) is 12.2 Å². The average molecular weight is 510 g/mol.